The number of fused-ring (bicyclic) bond motifs is 2. The molecular formula is C20H16N4O2. The number of carbonyl (C=O) groups excluding carboxylic acids is 1. The van der Waals surface area contributed by atoms with Crippen LogP contribution in [0.15, 0.2) is 47.4 Å². The van der Waals surface area contributed by atoms with Crippen LogP contribution in [0, 0.1) is 11.8 Å². The van der Waals surface area contributed by atoms with Gasteiger partial charge in [-0.1, -0.05) is 12.0 Å². The van der Waals surface area contributed by atoms with Crippen molar-refractivity contribution < 1.29 is 4.79 Å². The van der Waals surface area contributed by atoms with E-state index in [-0.39, 0.29) is 5.56 Å². The first kappa shape index (κ1) is 16.0. The van der Waals surface area contributed by atoms with E-state index < -0.39 is 0 Å². The molecule has 0 N–H and O–H groups in total. The second-order valence-corrected chi connectivity index (χ2v) is 6.07. The summed E-state index contributed by atoms with van der Waals surface area (Å²) >= 11 is 0. The van der Waals surface area contributed by atoms with Gasteiger partial charge in [0.25, 0.3) is 5.56 Å². The molecule has 1 aromatic carbocycles. The van der Waals surface area contributed by atoms with Crippen LogP contribution in [0.2, 0.25) is 0 Å². The third kappa shape index (κ3) is 3.07. The molecule has 3 aromatic rings. The number of carbonyl (C=O) groups is 1. The molecular weight excluding hydrogens is 328 g/mol. The molecule has 26 heavy (non-hydrogen) atoms. The Bertz CT molecular complexity index is 1090. The van der Waals surface area contributed by atoms with Gasteiger partial charge in [-0.15, -0.1) is 0 Å². The van der Waals surface area contributed by atoms with E-state index in [1.165, 1.54) is 0 Å². The van der Waals surface area contributed by atoms with Crippen molar-refractivity contribution in [3.63, 3.8) is 0 Å². The number of hydrogen-bond acceptors (Lipinski definition) is 4. The normalized spacial score (nSPS) is 13.5. The maximum Gasteiger partial charge on any atom is 0.261 e. The summed E-state index contributed by atoms with van der Waals surface area (Å²) in [5.74, 6) is 6.78. The first-order chi connectivity index (χ1) is 12.7. The van der Waals surface area contributed by atoms with E-state index in [2.05, 4.69) is 21.8 Å². The standard InChI is InChI=1S/C20H16N4O2/c25-14-23-10-8-19-22-18-13-15(4-6-16-3-1-2-9-21-16)5-7-17(18)20(26)24(19)12-11-23/h1-3,5,7,9,13-14H,8,10-12H2. The number of aromatic nitrogens is 3. The van der Waals surface area contributed by atoms with E-state index in [0.717, 1.165) is 12.0 Å². The molecule has 0 bridgehead atoms. The predicted molar refractivity (Wildman–Crippen MR) is 97.6 cm³/mol. The quantitative estimate of drug-likeness (QED) is 0.491. The Morgan fingerprint density at radius 3 is 2.81 bits per heavy atom. The lowest BCUT2D eigenvalue weighted by molar-refractivity contribution is -0.118. The van der Waals surface area contributed by atoms with Gasteiger partial charge in [-0.2, -0.15) is 0 Å². The number of hydrogen-bond donors (Lipinski definition) is 0. The van der Waals surface area contributed by atoms with E-state index in [1.807, 2.05) is 30.3 Å². The molecule has 0 radical (unpaired) electrons. The van der Waals surface area contributed by atoms with Crippen LogP contribution in [0.1, 0.15) is 17.1 Å². The van der Waals surface area contributed by atoms with Crippen LogP contribution in [-0.4, -0.2) is 38.9 Å². The summed E-state index contributed by atoms with van der Waals surface area (Å²) < 4.78 is 1.67. The molecule has 0 unspecified atom stereocenters. The van der Waals surface area contributed by atoms with E-state index in [9.17, 15) is 9.59 Å². The van der Waals surface area contributed by atoms with Crippen LogP contribution in [0.3, 0.4) is 0 Å². The number of pyridine rings is 1. The first-order valence-electron chi connectivity index (χ1n) is 8.40. The highest BCUT2D eigenvalue weighted by molar-refractivity contribution is 5.79. The van der Waals surface area contributed by atoms with Crippen LogP contribution in [0.25, 0.3) is 10.9 Å². The second kappa shape index (κ2) is 6.81. The molecule has 3 heterocycles. The van der Waals surface area contributed by atoms with E-state index in [1.54, 1.807) is 21.7 Å². The molecule has 0 atom stereocenters. The molecule has 1 aliphatic rings. The van der Waals surface area contributed by atoms with Gasteiger partial charge in [-0.05, 0) is 36.3 Å². The van der Waals surface area contributed by atoms with Gasteiger partial charge in [-0.3, -0.25) is 14.2 Å². The third-order valence-corrected chi connectivity index (χ3v) is 4.42. The van der Waals surface area contributed by atoms with Crippen LogP contribution >= 0.6 is 0 Å². The summed E-state index contributed by atoms with van der Waals surface area (Å²) in [7, 11) is 0. The van der Waals surface area contributed by atoms with Gasteiger partial charge < -0.3 is 4.90 Å². The van der Waals surface area contributed by atoms with Gasteiger partial charge in [0.1, 0.15) is 11.5 Å². The second-order valence-electron chi connectivity index (χ2n) is 6.07. The topological polar surface area (TPSA) is 68.1 Å². The summed E-state index contributed by atoms with van der Waals surface area (Å²) in [5, 5.41) is 0.566. The molecule has 4 rings (SSSR count). The van der Waals surface area contributed by atoms with Crippen LogP contribution in [-0.2, 0) is 17.8 Å². The fraction of sp³-hybridized carbons (Fsp3) is 0.200. The zero-order valence-corrected chi connectivity index (χ0v) is 14.1. The summed E-state index contributed by atoms with van der Waals surface area (Å²) in [6.07, 6.45) is 3.08. The molecule has 2 aromatic heterocycles. The molecule has 6 nitrogen and oxygen atoms in total. The average Bonchev–Trinajstić information content (AvgIpc) is 2.89. The van der Waals surface area contributed by atoms with Crippen LogP contribution in [0.4, 0.5) is 0 Å². The molecule has 0 fully saturated rings. The summed E-state index contributed by atoms with van der Waals surface area (Å²) in [4.78, 5) is 34.3. The predicted octanol–water partition coefficient (Wildman–Crippen LogP) is 1.21. The maximum atomic E-state index is 12.8. The van der Waals surface area contributed by atoms with E-state index in [4.69, 9.17) is 0 Å². The Balaban J connectivity index is 1.75. The molecule has 1 aliphatic heterocycles. The molecule has 128 valence electrons. The first-order valence-corrected chi connectivity index (χ1v) is 8.40. The minimum Gasteiger partial charge on any atom is -0.343 e. The largest absolute Gasteiger partial charge is 0.343 e. The Hall–Kier alpha value is -3.46. The summed E-state index contributed by atoms with van der Waals surface area (Å²) in [6, 6.07) is 11.0. The molecule has 0 saturated carbocycles. The highest BCUT2D eigenvalue weighted by Crippen LogP contribution is 2.13. The lowest BCUT2D eigenvalue weighted by Gasteiger charge is -2.11. The van der Waals surface area contributed by atoms with Crippen LogP contribution < -0.4 is 5.56 Å². The lowest BCUT2D eigenvalue weighted by Crippen LogP contribution is -2.28. The lowest BCUT2D eigenvalue weighted by atomic mass is 10.1. The summed E-state index contributed by atoms with van der Waals surface area (Å²) in [6.45, 7) is 1.56. The Labute approximate surface area is 150 Å². The fourth-order valence-corrected chi connectivity index (χ4v) is 3.03. The third-order valence-electron chi connectivity index (χ3n) is 4.42. The van der Waals surface area contributed by atoms with Crippen molar-refractivity contribution in [3.8, 4) is 11.8 Å². The number of nitrogens with zero attached hydrogens (tertiary/aromatic N) is 4. The summed E-state index contributed by atoms with van der Waals surface area (Å²) in [5.41, 5.74) is 2.04. The highest BCUT2D eigenvalue weighted by atomic mass is 16.1. The van der Waals surface area contributed by atoms with Crippen molar-refractivity contribution in [2.75, 3.05) is 13.1 Å². The SMILES string of the molecule is O=CN1CCc2nc3cc(C#Cc4ccccn4)ccc3c(=O)n2CC1. The molecule has 0 aliphatic carbocycles. The van der Waals surface area contributed by atoms with Crippen LogP contribution in [0.5, 0.6) is 0 Å². The molecule has 6 heteroatoms. The highest BCUT2D eigenvalue weighted by Gasteiger charge is 2.16. The molecule has 1 amide bonds. The van der Waals surface area contributed by atoms with Gasteiger partial charge in [0.2, 0.25) is 6.41 Å². The minimum absolute atomic E-state index is 0.0676. The van der Waals surface area contributed by atoms with Gasteiger partial charge in [0.15, 0.2) is 0 Å². The smallest absolute Gasteiger partial charge is 0.261 e. The average molecular weight is 344 g/mol. The van der Waals surface area contributed by atoms with Gasteiger partial charge in [-0.25, -0.2) is 9.97 Å². The fourth-order valence-electron chi connectivity index (χ4n) is 3.03. The van der Waals surface area contributed by atoms with Crippen molar-refractivity contribution >= 4 is 17.3 Å². The van der Waals surface area contributed by atoms with E-state index >= 15 is 0 Å². The zero-order chi connectivity index (χ0) is 17.9. The Kier molecular flexibility index (Phi) is 4.20. The molecule has 0 saturated heterocycles. The number of benzene rings is 1. The maximum absolute atomic E-state index is 12.8. The number of amides is 1. The van der Waals surface area contributed by atoms with Crippen molar-refractivity contribution in [1.82, 2.24) is 19.4 Å². The Morgan fingerprint density at radius 1 is 1.08 bits per heavy atom. The van der Waals surface area contributed by atoms with Crippen molar-refractivity contribution in [2.45, 2.75) is 13.0 Å². The number of rotatable bonds is 1. The Morgan fingerprint density at radius 2 is 2.00 bits per heavy atom. The minimum atomic E-state index is -0.0676. The van der Waals surface area contributed by atoms with Gasteiger partial charge in [0.05, 0.1) is 10.9 Å². The van der Waals surface area contributed by atoms with E-state index in [0.29, 0.717) is 48.5 Å². The van der Waals surface area contributed by atoms with Crippen molar-refractivity contribution in [3.05, 3.63) is 70.0 Å². The zero-order valence-electron chi connectivity index (χ0n) is 14.1. The monoisotopic (exact) mass is 344 g/mol. The van der Waals surface area contributed by atoms with Gasteiger partial charge >= 0.3 is 0 Å². The van der Waals surface area contributed by atoms with Crippen molar-refractivity contribution in [1.29, 1.82) is 0 Å². The molecule has 0 spiro atoms. The van der Waals surface area contributed by atoms with Crippen molar-refractivity contribution in [2.24, 2.45) is 0 Å². The van der Waals surface area contributed by atoms with Gasteiger partial charge in [0, 0.05) is 37.8 Å².